The summed E-state index contributed by atoms with van der Waals surface area (Å²) in [6.07, 6.45) is 1.10. The Bertz CT molecular complexity index is 1030. The van der Waals surface area contributed by atoms with Crippen molar-refractivity contribution in [2.24, 2.45) is 0 Å². The number of nitrogens with zero attached hydrogens (tertiary/aromatic N) is 2. The average molecular weight is 546 g/mol. The van der Waals surface area contributed by atoms with Crippen molar-refractivity contribution in [3.05, 3.63) is 47.5 Å². The van der Waals surface area contributed by atoms with Crippen LogP contribution in [0.25, 0.3) is 0 Å². The number of nitrogens with one attached hydrogen (secondary N) is 3. The Hall–Kier alpha value is -3.77. The number of allylic oxidation sites excluding steroid dienone is 1. The molecular formula is C27H39N5O7. The van der Waals surface area contributed by atoms with Gasteiger partial charge < -0.3 is 30.7 Å². The molecule has 4 N–H and O–H groups in total. The summed E-state index contributed by atoms with van der Waals surface area (Å²) < 4.78 is 6.08. The number of benzene rings is 1. The van der Waals surface area contributed by atoms with Crippen LogP contribution in [0.4, 0.5) is 0 Å². The second-order valence-electron chi connectivity index (χ2n) is 9.83. The molecule has 12 heteroatoms. The number of rotatable bonds is 4. The van der Waals surface area contributed by atoms with Gasteiger partial charge in [-0.15, -0.1) is 0 Å². The lowest BCUT2D eigenvalue weighted by Crippen LogP contribution is -2.58. The average Bonchev–Trinajstić information content (AvgIpc) is 2.90. The largest absolute Gasteiger partial charge is 0.483 e. The molecule has 2 saturated heterocycles. The Morgan fingerprint density at radius 1 is 1.08 bits per heavy atom. The van der Waals surface area contributed by atoms with Gasteiger partial charge in [0.2, 0.25) is 17.7 Å². The molecule has 4 atom stereocenters. The third-order valence-electron chi connectivity index (χ3n) is 6.22. The van der Waals surface area contributed by atoms with Crippen LogP contribution in [0.15, 0.2) is 42.0 Å². The van der Waals surface area contributed by atoms with Gasteiger partial charge in [-0.25, -0.2) is 0 Å². The molecule has 0 spiro atoms. The second-order valence-corrected chi connectivity index (χ2v) is 9.83. The van der Waals surface area contributed by atoms with Gasteiger partial charge >= 0.3 is 0 Å². The minimum absolute atomic E-state index is 0.195. The molecule has 1 aromatic rings. The van der Waals surface area contributed by atoms with Gasteiger partial charge in [0, 0.05) is 39.6 Å². The highest BCUT2D eigenvalue weighted by molar-refractivity contribution is 5.93. The van der Waals surface area contributed by atoms with E-state index in [1.807, 2.05) is 44.2 Å². The van der Waals surface area contributed by atoms with Gasteiger partial charge in [0.15, 0.2) is 0 Å². The summed E-state index contributed by atoms with van der Waals surface area (Å²) in [5.74, 6) is -1.62. The first-order valence-electron chi connectivity index (χ1n) is 12.8. The van der Waals surface area contributed by atoms with E-state index in [1.54, 1.807) is 6.92 Å². The number of likely N-dealkylation sites (N-methyl/N-ethyl adjacent to an activating group) is 1. The number of hydrogen-bond acceptors (Lipinski definition) is 7. The SMILES string of the molecule is CC(C)=CCN1C[C@@H]2CNC(=O)[C@@H](C)NC(=O)CN(C)C(=O)[C@@H](Cc3ccccc3)NC(=O)[C@@H](C1)O2.O=CO. The molecular weight excluding hydrogens is 506 g/mol. The van der Waals surface area contributed by atoms with Gasteiger partial charge in [0.25, 0.3) is 12.4 Å². The van der Waals surface area contributed by atoms with Crippen molar-refractivity contribution in [3.8, 4) is 0 Å². The van der Waals surface area contributed by atoms with Gasteiger partial charge in [-0.3, -0.25) is 28.9 Å². The molecule has 2 fully saturated rings. The maximum absolute atomic E-state index is 13.4. The van der Waals surface area contributed by atoms with Crippen LogP contribution in [-0.2, 0) is 35.1 Å². The van der Waals surface area contributed by atoms with Crippen LogP contribution in [0.3, 0.4) is 0 Å². The third kappa shape index (κ3) is 10.5. The van der Waals surface area contributed by atoms with Crippen molar-refractivity contribution in [1.29, 1.82) is 0 Å². The van der Waals surface area contributed by atoms with E-state index in [0.29, 0.717) is 19.6 Å². The first kappa shape index (κ1) is 31.4. The van der Waals surface area contributed by atoms with Gasteiger partial charge in [-0.1, -0.05) is 42.0 Å². The highest BCUT2D eigenvalue weighted by atomic mass is 16.5. The Labute approximate surface area is 228 Å². The van der Waals surface area contributed by atoms with E-state index in [-0.39, 0.29) is 31.9 Å². The van der Waals surface area contributed by atoms with E-state index < -0.39 is 42.0 Å². The number of ether oxygens (including phenoxy) is 1. The molecule has 0 radical (unpaired) electrons. The number of carbonyl (C=O) groups is 5. The van der Waals surface area contributed by atoms with Crippen LogP contribution in [0.2, 0.25) is 0 Å². The molecule has 2 aliphatic heterocycles. The van der Waals surface area contributed by atoms with E-state index in [1.165, 1.54) is 11.9 Å². The lowest BCUT2D eigenvalue weighted by atomic mass is 10.0. The topological polar surface area (TPSA) is 157 Å². The van der Waals surface area contributed by atoms with Crippen LogP contribution in [-0.4, -0.2) is 109 Å². The summed E-state index contributed by atoms with van der Waals surface area (Å²) >= 11 is 0. The van der Waals surface area contributed by atoms with E-state index >= 15 is 0 Å². The predicted molar refractivity (Wildman–Crippen MR) is 144 cm³/mol. The van der Waals surface area contributed by atoms with Crippen molar-refractivity contribution >= 4 is 30.1 Å². The van der Waals surface area contributed by atoms with Crippen molar-refractivity contribution in [2.75, 3.05) is 39.8 Å². The van der Waals surface area contributed by atoms with Crippen LogP contribution in [0.1, 0.15) is 26.3 Å². The fourth-order valence-corrected chi connectivity index (χ4v) is 4.23. The van der Waals surface area contributed by atoms with E-state index in [0.717, 1.165) is 11.1 Å². The zero-order valence-electron chi connectivity index (χ0n) is 22.9. The van der Waals surface area contributed by atoms with Crippen molar-refractivity contribution in [2.45, 2.75) is 51.5 Å². The van der Waals surface area contributed by atoms with E-state index in [4.69, 9.17) is 14.6 Å². The third-order valence-corrected chi connectivity index (χ3v) is 6.22. The number of carbonyl (C=O) groups excluding carboxylic acids is 4. The van der Waals surface area contributed by atoms with Crippen LogP contribution in [0, 0.1) is 0 Å². The molecule has 0 aromatic heterocycles. The molecule has 39 heavy (non-hydrogen) atoms. The Balaban J connectivity index is 0.00000170. The number of carboxylic acid groups (broad SMARTS) is 1. The van der Waals surface area contributed by atoms with Gasteiger partial charge in [-0.2, -0.15) is 0 Å². The molecule has 0 saturated carbocycles. The van der Waals surface area contributed by atoms with Crippen LogP contribution >= 0.6 is 0 Å². The van der Waals surface area contributed by atoms with Gasteiger partial charge in [0.1, 0.15) is 18.2 Å². The van der Waals surface area contributed by atoms with Crippen molar-refractivity contribution in [1.82, 2.24) is 25.8 Å². The molecule has 3 rings (SSSR count). The summed E-state index contributed by atoms with van der Waals surface area (Å²) in [5.41, 5.74) is 2.04. The molecule has 2 bridgehead atoms. The lowest BCUT2D eigenvalue weighted by molar-refractivity contribution is -0.149. The number of fused-ring (bicyclic) bond motifs is 2. The first-order valence-corrected chi connectivity index (χ1v) is 12.8. The van der Waals surface area contributed by atoms with Crippen molar-refractivity contribution < 1.29 is 33.8 Å². The fraction of sp³-hybridized carbons (Fsp3) is 0.519. The van der Waals surface area contributed by atoms with Gasteiger partial charge in [-0.05, 0) is 26.3 Å². The molecule has 0 aliphatic carbocycles. The highest BCUT2D eigenvalue weighted by Gasteiger charge is 2.35. The minimum atomic E-state index is -0.879. The number of morpholine rings is 1. The fourth-order valence-electron chi connectivity index (χ4n) is 4.23. The van der Waals surface area contributed by atoms with E-state index in [2.05, 4.69) is 26.9 Å². The maximum atomic E-state index is 13.4. The maximum Gasteiger partial charge on any atom is 0.290 e. The Morgan fingerprint density at radius 3 is 2.38 bits per heavy atom. The molecule has 12 nitrogen and oxygen atoms in total. The molecule has 214 valence electrons. The summed E-state index contributed by atoms with van der Waals surface area (Å²) in [7, 11) is 1.50. The van der Waals surface area contributed by atoms with Crippen LogP contribution in [0.5, 0.6) is 0 Å². The quantitative estimate of drug-likeness (QED) is 0.293. The monoisotopic (exact) mass is 545 g/mol. The zero-order chi connectivity index (χ0) is 28.9. The Kier molecular flexibility index (Phi) is 12.6. The minimum Gasteiger partial charge on any atom is -0.483 e. The summed E-state index contributed by atoms with van der Waals surface area (Å²) in [6.45, 7) is 6.84. The first-order chi connectivity index (χ1) is 18.5. The normalized spacial score (nSPS) is 25.0. The van der Waals surface area contributed by atoms with Gasteiger partial charge in [0.05, 0.1) is 12.6 Å². The van der Waals surface area contributed by atoms with E-state index in [9.17, 15) is 19.2 Å². The summed E-state index contributed by atoms with van der Waals surface area (Å²) in [4.78, 5) is 63.5. The van der Waals surface area contributed by atoms with Crippen molar-refractivity contribution in [3.63, 3.8) is 0 Å². The molecule has 1 aromatic carbocycles. The number of amides is 4. The summed E-state index contributed by atoms with van der Waals surface area (Å²) in [6, 6.07) is 7.72. The lowest BCUT2D eigenvalue weighted by Gasteiger charge is -2.37. The zero-order valence-corrected chi connectivity index (χ0v) is 22.9. The molecule has 0 unspecified atom stereocenters. The summed E-state index contributed by atoms with van der Waals surface area (Å²) in [5, 5.41) is 15.2. The Morgan fingerprint density at radius 2 is 1.74 bits per heavy atom. The molecule has 4 amide bonds. The van der Waals surface area contributed by atoms with Crippen LogP contribution < -0.4 is 16.0 Å². The molecule has 2 heterocycles. The second kappa shape index (κ2) is 15.6. The highest BCUT2D eigenvalue weighted by Crippen LogP contribution is 2.14. The molecule has 2 aliphatic rings. The predicted octanol–water partition coefficient (Wildman–Crippen LogP) is -0.457. The number of hydrogen-bond donors (Lipinski definition) is 4. The smallest absolute Gasteiger partial charge is 0.290 e. The standard InChI is InChI=1S/C26H37N5O5.CH2O2/c1-17(2)10-11-31-14-20-13-27-24(33)18(3)28-23(32)16-30(4)26(35)21(12-19-8-6-5-7-9-19)29-25(34)22(15-31)36-20;2-1-3/h5-10,18,20-22H,11-16H2,1-4H3,(H,27,33)(H,28,32)(H,29,34);1H,(H,2,3)/t18-,20+,21-,22-;/m1./s1.